The molecule has 0 saturated heterocycles. The Kier molecular flexibility index (Phi) is 7.69. The summed E-state index contributed by atoms with van der Waals surface area (Å²) in [7, 11) is 0. The lowest BCUT2D eigenvalue weighted by Crippen LogP contribution is -2.20. The first-order chi connectivity index (χ1) is 14.3. The molecule has 0 unspecified atom stereocenters. The van der Waals surface area contributed by atoms with Crippen LogP contribution >= 0.6 is 43.5 Å². The Bertz CT molecular complexity index is 1090. The molecule has 3 aromatic carbocycles. The summed E-state index contributed by atoms with van der Waals surface area (Å²) in [5, 5.41) is 3.51. The van der Waals surface area contributed by atoms with Gasteiger partial charge in [-0.3, -0.25) is 9.79 Å². The Hall–Kier alpha value is -2.15. The Morgan fingerprint density at radius 2 is 1.80 bits per heavy atom. The number of carbonyl (C=O) groups is 1. The van der Waals surface area contributed by atoms with Crippen LogP contribution in [-0.2, 0) is 4.79 Å². The predicted octanol–water partition coefficient (Wildman–Crippen LogP) is 7.25. The summed E-state index contributed by atoms with van der Waals surface area (Å²) in [6.07, 6.45) is 1.75. The molecular weight excluding hydrogens is 532 g/mol. The summed E-state index contributed by atoms with van der Waals surface area (Å²) in [6.45, 7) is 3.79. The average Bonchev–Trinajstić information content (AvgIpc) is 2.68. The van der Waals surface area contributed by atoms with Crippen molar-refractivity contribution in [3.05, 3.63) is 85.3 Å². The summed E-state index contributed by atoms with van der Waals surface area (Å²) in [5.74, 6) is 0.312. The van der Waals surface area contributed by atoms with Gasteiger partial charge in [0, 0.05) is 16.9 Å². The van der Waals surface area contributed by atoms with Crippen molar-refractivity contribution in [2.45, 2.75) is 13.8 Å². The molecule has 0 saturated carbocycles. The maximum absolute atomic E-state index is 12.2. The number of benzene rings is 3. The van der Waals surface area contributed by atoms with Gasteiger partial charge in [0.05, 0.1) is 14.6 Å². The van der Waals surface area contributed by atoms with E-state index in [1.807, 2.05) is 68.4 Å². The Labute approximate surface area is 197 Å². The van der Waals surface area contributed by atoms with Gasteiger partial charge in [0.15, 0.2) is 6.61 Å². The fourth-order valence-corrected chi connectivity index (χ4v) is 4.35. The number of hydrogen-bond acceptors (Lipinski definition) is 3. The van der Waals surface area contributed by atoms with Gasteiger partial charge >= 0.3 is 0 Å². The first kappa shape index (κ1) is 22.5. The molecule has 3 rings (SSSR count). The van der Waals surface area contributed by atoms with Crippen molar-refractivity contribution < 1.29 is 9.53 Å². The van der Waals surface area contributed by atoms with Gasteiger partial charge in [0.2, 0.25) is 0 Å². The molecule has 0 radical (unpaired) electrons. The fraction of sp³-hybridized carbons (Fsp3) is 0.130. The van der Waals surface area contributed by atoms with Crippen LogP contribution in [0.15, 0.2) is 68.5 Å². The van der Waals surface area contributed by atoms with E-state index in [1.54, 1.807) is 6.21 Å². The van der Waals surface area contributed by atoms with Crippen molar-refractivity contribution in [1.29, 1.82) is 0 Å². The fourth-order valence-electron chi connectivity index (χ4n) is 2.73. The average molecular weight is 551 g/mol. The Morgan fingerprint density at radius 1 is 1.10 bits per heavy atom. The number of ether oxygens (including phenoxy) is 1. The summed E-state index contributed by atoms with van der Waals surface area (Å²) in [5.41, 5.74) is 4.41. The zero-order valence-electron chi connectivity index (χ0n) is 16.4. The number of carbonyl (C=O) groups excluding carboxylic acids is 1. The monoisotopic (exact) mass is 548 g/mol. The van der Waals surface area contributed by atoms with Gasteiger partial charge in [-0.05, 0) is 98.8 Å². The van der Waals surface area contributed by atoms with Crippen LogP contribution in [0.25, 0.3) is 0 Å². The first-order valence-electron chi connectivity index (χ1n) is 9.11. The topological polar surface area (TPSA) is 50.7 Å². The second-order valence-corrected chi connectivity index (χ2v) is 8.78. The van der Waals surface area contributed by atoms with Crippen LogP contribution in [0.1, 0.15) is 16.7 Å². The van der Waals surface area contributed by atoms with E-state index >= 15 is 0 Å². The smallest absolute Gasteiger partial charge is 0.262 e. The lowest BCUT2D eigenvalue weighted by Gasteiger charge is -2.12. The summed E-state index contributed by atoms with van der Waals surface area (Å²) in [6, 6.07) is 17.0. The van der Waals surface area contributed by atoms with E-state index in [1.165, 1.54) is 0 Å². The molecule has 4 nitrogen and oxygen atoms in total. The quantitative estimate of drug-likeness (QED) is 0.329. The van der Waals surface area contributed by atoms with Gasteiger partial charge in [-0.1, -0.05) is 29.8 Å². The Balaban J connectivity index is 1.68. The van der Waals surface area contributed by atoms with Crippen molar-refractivity contribution in [3.8, 4) is 5.75 Å². The highest BCUT2D eigenvalue weighted by Gasteiger charge is 2.11. The minimum absolute atomic E-state index is 0.111. The summed E-state index contributed by atoms with van der Waals surface area (Å²) >= 11 is 13.2. The molecule has 1 N–H and O–H groups in total. The highest BCUT2D eigenvalue weighted by atomic mass is 79.9. The van der Waals surface area contributed by atoms with E-state index in [2.05, 4.69) is 42.2 Å². The largest absolute Gasteiger partial charge is 0.481 e. The van der Waals surface area contributed by atoms with Crippen LogP contribution < -0.4 is 10.1 Å². The van der Waals surface area contributed by atoms with Gasteiger partial charge in [-0.15, -0.1) is 0 Å². The maximum atomic E-state index is 12.2. The minimum Gasteiger partial charge on any atom is -0.481 e. The summed E-state index contributed by atoms with van der Waals surface area (Å²) in [4.78, 5) is 16.7. The van der Waals surface area contributed by atoms with E-state index in [-0.39, 0.29) is 12.5 Å². The zero-order chi connectivity index (χ0) is 21.7. The van der Waals surface area contributed by atoms with Crippen molar-refractivity contribution in [2.24, 2.45) is 4.99 Å². The van der Waals surface area contributed by atoms with E-state index in [4.69, 9.17) is 16.3 Å². The van der Waals surface area contributed by atoms with Crippen LogP contribution in [-0.4, -0.2) is 18.7 Å². The van der Waals surface area contributed by atoms with Crippen LogP contribution in [0.2, 0.25) is 5.02 Å². The minimum atomic E-state index is -0.235. The molecule has 154 valence electrons. The van der Waals surface area contributed by atoms with E-state index in [0.717, 1.165) is 28.1 Å². The molecule has 0 aliphatic carbocycles. The highest BCUT2D eigenvalue weighted by molar-refractivity contribution is 9.11. The Morgan fingerprint density at radius 3 is 2.50 bits per heavy atom. The molecule has 30 heavy (non-hydrogen) atoms. The van der Waals surface area contributed by atoms with Gasteiger partial charge in [0.25, 0.3) is 5.91 Å². The van der Waals surface area contributed by atoms with E-state index in [0.29, 0.717) is 19.7 Å². The van der Waals surface area contributed by atoms with Crippen molar-refractivity contribution in [2.75, 3.05) is 11.9 Å². The molecular formula is C23H19Br2ClN2O2. The third kappa shape index (κ3) is 5.94. The van der Waals surface area contributed by atoms with Gasteiger partial charge < -0.3 is 10.1 Å². The molecule has 0 heterocycles. The molecule has 3 aromatic rings. The van der Waals surface area contributed by atoms with Gasteiger partial charge in [-0.25, -0.2) is 0 Å². The standard InChI is InChI=1S/C23H19Br2ClN2O2/c1-14-5-3-6-17(9-14)28-22(29)13-30-23-18(24)10-16(11-19(23)25)12-27-21-8-4-7-20(26)15(21)2/h3-12H,13H2,1-2H3,(H,28,29). The van der Waals surface area contributed by atoms with Crippen LogP contribution in [0, 0.1) is 13.8 Å². The molecule has 0 aliphatic heterocycles. The van der Waals surface area contributed by atoms with Crippen molar-refractivity contribution in [3.63, 3.8) is 0 Å². The molecule has 0 fully saturated rings. The molecule has 0 spiro atoms. The number of nitrogens with zero attached hydrogens (tertiary/aromatic N) is 1. The summed E-state index contributed by atoms with van der Waals surface area (Å²) < 4.78 is 7.14. The molecule has 0 atom stereocenters. The molecule has 1 amide bonds. The molecule has 0 aromatic heterocycles. The maximum Gasteiger partial charge on any atom is 0.262 e. The van der Waals surface area contributed by atoms with E-state index < -0.39 is 0 Å². The van der Waals surface area contributed by atoms with Gasteiger partial charge in [-0.2, -0.15) is 0 Å². The van der Waals surface area contributed by atoms with Crippen molar-refractivity contribution >= 4 is 67.0 Å². The second-order valence-electron chi connectivity index (χ2n) is 6.66. The number of rotatable bonds is 6. The van der Waals surface area contributed by atoms with Crippen LogP contribution in [0.4, 0.5) is 11.4 Å². The number of halogens is 3. The second kappa shape index (κ2) is 10.2. The predicted molar refractivity (Wildman–Crippen MR) is 131 cm³/mol. The number of hydrogen-bond donors (Lipinski definition) is 1. The number of amides is 1. The van der Waals surface area contributed by atoms with Crippen LogP contribution in [0.3, 0.4) is 0 Å². The van der Waals surface area contributed by atoms with E-state index in [9.17, 15) is 4.79 Å². The third-order valence-corrected chi connectivity index (χ3v) is 5.85. The van der Waals surface area contributed by atoms with Gasteiger partial charge in [0.1, 0.15) is 5.75 Å². The number of anilines is 1. The zero-order valence-corrected chi connectivity index (χ0v) is 20.3. The number of aliphatic imine (C=N–C) groups is 1. The lowest BCUT2D eigenvalue weighted by molar-refractivity contribution is -0.118. The molecule has 7 heteroatoms. The highest BCUT2D eigenvalue weighted by Crippen LogP contribution is 2.35. The van der Waals surface area contributed by atoms with Crippen LogP contribution in [0.5, 0.6) is 5.75 Å². The van der Waals surface area contributed by atoms with Crippen molar-refractivity contribution in [1.82, 2.24) is 0 Å². The normalized spacial score (nSPS) is 11.0. The molecule has 0 bridgehead atoms. The third-order valence-electron chi connectivity index (χ3n) is 4.26. The molecule has 0 aliphatic rings. The lowest BCUT2D eigenvalue weighted by atomic mass is 10.2. The number of aryl methyl sites for hydroxylation is 1. The first-order valence-corrected chi connectivity index (χ1v) is 11.1. The SMILES string of the molecule is Cc1cccc(NC(=O)COc2c(Br)cc(C=Nc3cccc(Cl)c3C)cc2Br)c1. The number of nitrogens with one attached hydrogen (secondary N) is 1.